The standard InChI is InChI=1S/C15H10N4O/c20-8-9-5-6-12-13(7-9)17-15(16-12)14-10-3-1-2-4-11(10)18-19-14/h1-8H,(H,16,17)(H,18,19). The van der Waals surface area contributed by atoms with Gasteiger partial charge in [0.1, 0.15) is 12.0 Å². The van der Waals surface area contributed by atoms with Gasteiger partial charge in [0.05, 0.1) is 16.6 Å². The normalized spacial score (nSPS) is 11.2. The molecule has 0 aliphatic rings. The highest BCUT2D eigenvalue weighted by atomic mass is 16.1. The van der Waals surface area contributed by atoms with E-state index in [2.05, 4.69) is 20.2 Å². The van der Waals surface area contributed by atoms with Gasteiger partial charge in [0, 0.05) is 10.9 Å². The van der Waals surface area contributed by atoms with Crippen molar-refractivity contribution in [2.45, 2.75) is 0 Å². The molecule has 0 unspecified atom stereocenters. The van der Waals surface area contributed by atoms with Crippen LogP contribution in [-0.4, -0.2) is 26.5 Å². The lowest BCUT2D eigenvalue weighted by Gasteiger charge is -1.91. The Bertz CT molecular complexity index is 935. The molecule has 2 aromatic carbocycles. The molecule has 20 heavy (non-hydrogen) atoms. The fourth-order valence-electron chi connectivity index (χ4n) is 2.36. The fourth-order valence-corrected chi connectivity index (χ4v) is 2.36. The first-order valence-electron chi connectivity index (χ1n) is 6.23. The second-order valence-corrected chi connectivity index (χ2v) is 4.60. The summed E-state index contributed by atoms with van der Waals surface area (Å²) in [5.74, 6) is 0.695. The minimum Gasteiger partial charge on any atom is -0.337 e. The van der Waals surface area contributed by atoms with Crippen LogP contribution >= 0.6 is 0 Å². The Kier molecular flexibility index (Phi) is 2.20. The third kappa shape index (κ3) is 1.53. The average molecular weight is 262 g/mol. The molecule has 0 amide bonds. The van der Waals surface area contributed by atoms with E-state index in [1.54, 1.807) is 12.1 Å². The maximum atomic E-state index is 10.8. The maximum Gasteiger partial charge on any atom is 0.159 e. The van der Waals surface area contributed by atoms with E-state index in [4.69, 9.17) is 0 Å². The van der Waals surface area contributed by atoms with Crippen LogP contribution in [0.2, 0.25) is 0 Å². The fraction of sp³-hybridized carbons (Fsp3) is 0. The third-order valence-corrected chi connectivity index (χ3v) is 3.34. The Balaban J connectivity index is 1.95. The number of carbonyl (C=O) groups excluding carboxylic acids is 1. The van der Waals surface area contributed by atoms with E-state index >= 15 is 0 Å². The first-order chi connectivity index (χ1) is 9.85. The summed E-state index contributed by atoms with van der Waals surface area (Å²) in [5, 5.41) is 8.32. The zero-order valence-electron chi connectivity index (χ0n) is 10.4. The summed E-state index contributed by atoms with van der Waals surface area (Å²) < 4.78 is 0. The van der Waals surface area contributed by atoms with Gasteiger partial charge in [0.2, 0.25) is 0 Å². The van der Waals surface area contributed by atoms with Gasteiger partial charge in [-0.3, -0.25) is 9.89 Å². The number of aromatic nitrogens is 4. The molecule has 0 fully saturated rings. The van der Waals surface area contributed by atoms with Gasteiger partial charge < -0.3 is 4.98 Å². The van der Waals surface area contributed by atoms with Crippen molar-refractivity contribution in [1.82, 2.24) is 20.2 Å². The third-order valence-electron chi connectivity index (χ3n) is 3.34. The van der Waals surface area contributed by atoms with Crippen LogP contribution in [0.5, 0.6) is 0 Å². The first-order valence-corrected chi connectivity index (χ1v) is 6.23. The number of fused-ring (bicyclic) bond motifs is 2. The Morgan fingerprint density at radius 1 is 1.05 bits per heavy atom. The van der Waals surface area contributed by atoms with Crippen LogP contribution in [0.15, 0.2) is 42.5 Å². The number of aromatic amines is 2. The van der Waals surface area contributed by atoms with Crippen LogP contribution in [-0.2, 0) is 0 Å². The summed E-state index contributed by atoms with van der Waals surface area (Å²) >= 11 is 0. The quantitative estimate of drug-likeness (QED) is 0.545. The van der Waals surface area contributed by atoms with Crippen molar-refractivity contribution in [2.75, 3.05) is 0 Å². The highest BCUT2D eigenvalue weighted by molar-refractivity contribution is 5.93. The molecule has 0 atom stereocenters. The molecular formula is C15H10N4O. The van der Waals surface area contributed by atoms with E-state index in [1.807, 2.05) is 30.3 Å². The lowest BCUT2D eigenvalue weighted by Crippen LogP contribution is -1.80. The van der Waals surface area contributed by atoms with E-state index in [9.17, 15) is 4.79 Å². The van der Waals surface area contributed by atoms with Crippen molar-refractivity contribution < 1.29 is 4.79 Å². The van der Waals surface area contributed by atoms with Gasteiger partial charge in [0.25, 0.3) is 0 Å². The number of hydrogen-bond donors (Lipinski definition) is 2. The van der Waals surface area contributed by atoms with Gasteiger partial charge >= 0.3 is 0 Å². The first kappa shape index (κ1) is 10.9. The van der Waals surface area contributed by atoms with E-state index in [1.165, 1.54) is 0 Å². The molecule has 0 aliphatic heterocycles. The predicted molar refractivity (Wildman–Crippen MR) is 76.6 cm³/mol. The van der Waals surface area contributed by atoms with Gasteiger partial charge in [0.15, 0.2) is 5.82 Å². The molecule has 4 aromatic rings. The number of hydrogen-bond acceptors (Lipinski definition) is 3. The molecule has 5 nitrogen and oxygen atoms in total. The van der Waals surface area contributed by atoms with Crippen LogP contribution in [0.25, 0.3) is 33.5 Å². The highest BCUT2D eigenvalue weighted by Crippen LogP contribution is 2.25. The van der Waals surface area contributed by atoms with Crippen LogP contribution in [0.3, 0.4) is 0 Å². The summed E-state index contributed by atoms with van der Waals surface area (Å²) in [4.78, 5) is 18.5. The minimum absolute atomic E-state index is 0.625. The molecule has 0 aliphatic carbocycles. The number of nitrogens with zero attached hydrogens (tertiary/aromatic N) is 2. The Morgan fingerprint density at radius 3 is 2.85 bits per heavy atom. The van der Waals surface area contributed by atoms with Crippen LogP contribution in [0.1, 0.15) is 10.4 Å². The summed E-state index contributed by atoms with van der Waals surface area (Å²) in [5.41, 5.74) is 4.02. The molecule has 0 spiro atoms. The second-order valence-electron chi connectivity index (χ2n) is 4.60. The van der Waals surface area contributed by atoms with Crippen molar-refractivity contribution >= 4 is 28.2 Å². The molecule has 2 aromatic heterocycles. The van der Waals surface area contributed by atoms with E-state index in [-0.39, 0.29) is 0 Å². The van der Waals surface area contributed by atoms with Crippen molar-refractivity contribution in [3.05, 3.63) is 48.0 Å². The second kappa shape index (κ2) is 4.03. The van der Waals surface area contributed by atoms with Crippen molar-refractivity contribution in [1.29, 1.82) is 0 Å². The molecule has 0 radical (unpaired) electrons. The Hall–Kier alpha value is -2.95. The number of H-pyrrole nitrogens is 2. The molecular weight excluding hydrogens is 252 g/mol. The zero-order valence-corrected chi connectivity index (χ0v) is 10.4. The monoisotopic (exact) mass is 262 g/mol. The highest BCUT2D eigenvalue weighted by Gasteiger charge is 2.12. The molecule has 0 saturated heterocycles. The molecule has 96 valence electrons. The number of benzene rings is 2. The van der Waals surface area contributed by atoms with Gasteiger partial charge in [-0.05, 0) is 24.3 Å². The number of rotatable bonds is 2. The zero-order chi connectivity index (χ0) is 13.5. The molecule has 4 rings (SSSR count). The predicted octanol–water partition coefficient (Wildman–Crippen LogP) is 2.92. The molecule has 5 heteroatoms. The Labute approximate surface area is 113 Å². The smallest absolute Gasteiger partial charge is 0.159 e. The molecule has 0 saturated carbocycles. The number of imidazole rings is 1. The van der Waals surface area contributed by atoms with Gasteiger partial charge in [-0.25, -0.2) is 4.98 Å². The van der Waals surface area contributed by atoms with Crippen molar-refractivity contribution in [3.8, 4) is 11.5 Å². The molecule has 2 N–H and O–H groups in total. The summed E-state index contributed by atoms with van der Waals surface area (Å²) in [6.45, 7) is 0. The van der Waals surface area contributed by atoms with Gasteiger partial charge in [-0.2, -0.15) is 5.10 Å². The lowest BCUT2D eigenvalue weighted by molar-refractivity contribution is 0.112. The summed E-state index contributed by atoms with van der Waals surface area (Å²) in [6.07, 6.45) is 0.823. The summed E-state index contributed by atoms with van der Waals surface area (Å²) in [6, 6.07) is 13.3. The number of aldehydes is 1. The minimum atomic E-state index is 0.625. The van der Waals surface area contributed by atoms with Crippen LogP contribution in [0.4, 0.5) is 0 Å². The van der Waals surface area contributed by atoms with E-state index in [0.717, 1.165) is 33.9 Å². The molecule has 2 heterocycles. The van der Waals surface area contributed by atoms with Crippen molar-refractivity contribution in [2.24, 2.45) is 0 Å². The Morgan fingerprint density at radius 2 is 1.95 bits per heavy atom. The van der Waals surface area contributed by atoms with Gasteiger partial charge in [-0.15, -0.1) is 0 Å². The number of nitrogens with one attached hydrogen (secondary N) is 2. The lowest BCUT2D eigenvalue weighted by atomic mass is 10.2. The van der Waals surface area contributed by atoms with Gasteiger partial charge in [-0.1, -0.05) is 18.2 Å². The van der Waals surface area contributed by atoms with Crippen LogP contribution < -0.4 is 0 Å². The topological polar surface area (TPSA) is 74.4 Å². The van der Waals surface area contributed by atoms with Crippen LogP contribution in [0, 0.1) is 0 Å². The molecule has 0 bridgehead atoms. The van der Waals surface area contributed by atoms with Crippen molar-refractivity contribution in [3.63, 3.8) is 0 Å². The SMILES string of the molecule is O=Cc1ccc2nc(-c3n[nH]c4ccccc34)[nH]c2c1. The maximum absolute atomic E-state index is 10.8. The van der Waals surface area contributed by atoms with E-state index in [0.29, 0.717) is 11.4 Å². The number of para-hydroxylation sites is 1. The summed E-state index contributed by atoms with van der Waals surface area (Å²) in [7, 11) is 0. The largest absolute Gasteiger partial charge is 0.337 e. The number of carbonyl (C=O) groups is 1. The van der Waals surface area contributed by atoms with E-state index < -0.39 is 0 Å². The average Bonchev–Trinajstić information content (AvgIpc) is 3.09.